The summed E-state index contributed by atoms with van der Waals surface area (Å²) in [5.41, 5.74) is 0.856. The molecular formula is C11H13NO2. The van der Waals surface area contributed by atoms with Crippen molar-refractivity contribution in [2.45, 2.75) is 12.8 Å². The first-order valence-electron chi connectivity index (χ1n) is 4.35. The van der Waals surface area contributed by atoms with Gasteiger partial charge in [0.25, 0.3) is 0 Å². The molecule has 3 nitrogen and oxygen atoms in total. The molecule has 0 heterocycles. The Hall–Kier alpha value is -1.69. The second kappa shape index (κ2) is 4.52. The molecule has 1 unspecified atom stereocenters. The molecule has 0 radical (unpaired) electrons. The van der Waals surface area contributed by atoms with Crippen molar-refractivity contribution in [1.82, 2.24) is 0 Å². The van der Waals surface area contributed by atoms with Crippen molar-refractivity contribution in [1.29, 1.82) is 5.26 Å². The fourth-order valence-corrected chi connectivity index (χ4v) is 1.32. The van der Waals surface area contributed by atoms with Crippen LogP contribution in [0.4, 0.5) is 0 Å². The second-order valence-electron chi connectivity index (χ2n) is 2.93. The van der Waals surface area contributed by atoms with E-state index in [0.717, 1.165) is 5.56 Å². The largest absolute Gasteiger partial charge is 0.493 e. The molecule has 0 amide bonds. The molecule has 0 spiro atoms. The Bertz CT molecular complexity index is 355. The predicted molar refractivity (Wildman–Crippen MR) is 53.6 cm³/mol. The number of nitriles is 1. The van der Waals surface area contributed by atoms with Gasteiger partial charge in [-0.2, -0.15) is 5.26 Å². The van der Waals surface area contributed by atoms with Gasteiger partial charge in [0.1, 0.15) is 0 Å². The van der Waals surface area contributed by atoms with Crippen LogP contribution < -0.4 is 9.47 Å². The number of hydrogen-bond acceptors (Lipinski definition) is 3. The molecule has 0 aliphatic rings. The number of nitrogens with zero attached hydrogens (tertiary/aromatic N) is 1. The Kier molecular flexibility index (Phi) is 3.35. The number of para-hydroxylation sites is 1. The summed E-state index contributed by atoms with van der Waals surface area (Å²) in [6, 6.07) is 7.71. The molecule has 1 aromatic carbocycles. The molecule has 0 saturated carbocycles. The summed E-state index contributed by atoms with van der Waals surface area (Å²) in [4.78, 5) is 0. The average Bonchev–Trinajstić information content (AvgIpc) is 2.26. The third kappa shape index (κ3) is 1.80. The minimum Gasteiger partial charge on any atom is -0.493 e. The van der Waals surface area contributed by atoms with Crippen LogP contribution >= 0.6 is 0 Å². The SMILES string of the molecule is COc1cccc(C(C)C#N)c1OC. The van der Waals surface area contributed by atoms with E-state index in [1.54, 1.807) is 14.2 Å². The zero-order valence-corrected chi connectivity index (χ0v) is 8.57. The Balaban J connectivity index is 3.23. The normalized spacial score (nSPS) is 11.6. The molecule has 0 N–H and O–H groups in total. The Morgan fingerprint density at radius 1 is 1.29 bits per heavy atom. The van der Waals surface area contributed by atoms with Crippen LogP contribution in [-0.2, 0) is 0 Å². The highest BCUT2D eigenvalue weighted by molar-refractivity contribution is 5.49. The lowest BCUT2D eigenvalue weighted by atomic mass is 10.0. The van der Waals surface area contributed by atoms with E-state index >= 15 is 0 Å². The minimum atomic E-state index is -0.194. The summed E-state index contributed by atoms with van der Waals surface area (Å²) in [5.74, 6) is 1.11. The van der Waals surface area contributed by atoms with Crippen LogP contribution in [0.25, 0.3) is 0 Å². The molecule has 74 valence electrons. The van der Waals surface area contributed by atoms with Gasteiger partial charge in [-0.15, -0.1) is 0 Å². The van der Waals surface area contributed by atoms with E-state index in [2.05, 4.69) is 6.07 Å². The first-order valence-corrected chi connectivity index (χ1v) is 4.35. The summed E-state index contributed by atoms with van der Waals surface area (Å²) < 4.78 is 10.4. The molecule has 1 aromatic rings. The third-order valence-electron chi connectivity index (χ3n) is 2.09. The monoisotopic (exact) mass is 191 g/mol. The van der Waals surface area contributed by atoms with Gasteiger partial charge in [0.15, 0.2) is 11.5 Å². The van der Waals surface area contributed by atoms with E-state index in [0.29, 0.717) is 11.5 Å². The molecule has 1 rings (SSSR count). The summed E-state index contributed by atoms with van der Waals surface area (Å²) in [5, 5.41) is 8.83. The topological polar surface area (TPSA) is 42.2 Å². The van der Waals surface area contributed by atoms with Crippen molar-refractivity contribution in [3.8, 4) is 17.6 Å². The van der Waals surface area contributed by atoms with Crippen molar-refractivity contribution in [3.63, 3.8) is 0 Å². The van der Waals surface area contributed by atoms with Crippen LogP contribution in [0, 0.1) is 11.3 Å². The van der Waals surface area contributed by atoms with Gasteiger partial charge in [-0.3, -0.25) is 0 Å². The molecule has 0 fully saturated rings. The summed E-state index contributed by atoms with van der Waals surface area (Å²) in [6.07, 6.45) is 0. The molecule has 0 bridgehead atoms. The van der Waals surface area contributed by atoms with Gasteiger partial charge in [0, 0.05) is 5.56 Å². The average molecular weight is 191 g/mol. The van der Waals surface area contributed by atoms with Crippen LogP contribution in [0.15, 0.2) is 18.2 Å². The molecular weight excluding hydrogens is 178 g/mol. The predicted octanol–water partition coefficient (Wildman–Crippen LogP) is 2.33. The van der Waals surface area contributed by atoms with E-state index < -0.39 is 0 Å². The summed E-state index contributed by atoms with van der Waals surface area (Å²) in [7, 11) is 3.16. The van der Waals surface area contributed by atoms with Crippen LogP contribution in [0.1, 0.15) is 18.4 Å². The summed E-state index contributed by atoms with van der Waals surface area (Å²) in [6.45, 7) is 1.83. The highest BCUT2D eigenvalue weighted by Crippen LogP contribution is 2.34. The number of methoxy groups -OCH3 is 2. The summed E-state index contributed by atoms with van der Waals surface area (Å²) >= 11 is 0. The number of ether oxygens (including phenoxy) is 2. The van der Waals surface area contributed by atoms with Gasteiger partial charge in [0.2, 0.25) is 0 Å². The zero-order valence-electron chi connectivity index (χ0n) is 8.57. The van der Waals surface area contributed by atoms with E-state index in [-0.39, 0.29) is 5.92 Å². The molecule has 3 heteroatoms. The zero-order chi connectivity index (χ0) is 10.6. The number of rotatable bonds is 3. The van der Waals surface area contributed by atoms with Gasteiger partial charge in [-0.1, -0.05) is 12.1 Å². The van der Waals surface area contributed by atoms with Crippen molar-refractivity contribution in [2.24, 2.45) is 0 Å². The maximum absolute atomic E-state index is 8.83. The van der Waals surface area contributed by atoms with Gasteiger partial charge < -0.3 is 9.47 Å². The molecule has 0 aliphatic heterocycles. The lowest BCUT2D eigenvalue weighted by Gasteiger charge is -2.13. The van der Waals surface area contributed by atoms with Gasteiger partial charge in [-0.05, 0) is 13.0 Å². The highest BCUT2D eigenvalue weighted by Gasteiger charge is 2.14. The van der Waals surface area contributed by atoms with E-state index in [4.69, 9.17) is 14.7 Å². The smallest absolute Gasteiger partial charge is 0.165 e. The fraction of sp³-hybridized carbons (Fsp3) is 0.364. The van der Waals surface area contributed by atoms with E-state index in [1.807, 2.05) is 25.1 Å². The molecule has 0 aromatic heterocycles. The third-order valence-corrected chi connectivity index (χ3v) is 2.09. The van der Waals surface area contributed by atoms with Gasteiger partial charge in [0.05, 0.1) is 26.2 Å². The molecule has 0 saturated heterocycles. The van der Waals surface area contributed by atoms with Crippen LogP contribution in [-0.4, -0.2) is 14.2 Å². The first-order chi connectivity index (χ1) is 6.74. The maximum atomic E-state index is 8.83. The molecule has 14 heavy (non-hydrogen) atoms. The van der Waals surface area contributed by atoms with Crippen molar-refractivity contribution in [3.05, 3.63) is 23.8 Å². The van der Waals surface area contributed by atoms with Crippen molar-refractivity contribution < 1.29 is 9.47 Å². The quantitative estimate of drug-likeness (QED) is 0.736. The van der Waals surface area contributed by atoms with E-state index in [9.17, 15) is 0 Å². The van der Waals surface area contributed by atoms with Gasteiger partial charge >= 0.3 is 0 Å². The fourth-order valence-electron chi connectivity index (χ4n) is 1.32. The standard InChI is InChI=1S/C11H13NO2/c1-8(7-12)9-5-4-6-10(13-2)11(9)14-3/h4-6,8H,1-3H3. The van der Waals surface area contributed by atoms with E-state index in [1.165, 1.54) is 0 Å². The Morgan fingerprint density at radius 3 is 2.50 bits per heavy atom. The lowest BCUT2D eigenvalue weighted by Crippen LogP contribution is -1.98. The maximum Gasteiger partial charge on any atom is 0.165 e. The highest BCUT2D eigenvalue weighted by atomic mass is 16.5. The molecule has 1 atom stereocenters. The van der Waals surface area contributed by atoms with Crippen molar-refractivity contribution in [2.75, 3.05) is 14.2 Å². The van der Waals surface area contributed by atoms with Crippen LogP contribution in [0.3, 0.4) is 0 Å². The molecule has 0 aliphatic carbocycles. The van der Waals surface area contributed by atoms with Gasteiger partial charge in [-0.25, -0.2) is 0 Å². The van der Waals surface area contributed by atoms with Crippen LogP contribution in [0.2, 0.25) is 0 Å². The number of hydrogen-bond donors (Lipinski definition) is 0. The lowest BCUT2D eigenvalue weighted by molar-refractivity contribution is 0.351. The minimum absolute atomic E-state index is 0.194. The Labute approximate surface area is 83.9 Å². The van der Waals surface area contributed by atoms with Crippen LogP contribution in [0.5, 0.6) is 11.5 Å². The second-order valence-corrected chi connectivity index (χ2v) is 2.93. The van der Waals surface area contributed by atoms with Crippen molar-refractivity contribution >= 4 is 0 Å². The first kappa shape index (κ1) is 10.4. The Morgan fingerprint density at radius 2 is 2.00 bits per heavy atom. The number of benzene rings is 1.